The molecule has 6 nitrogen and oxygen atoms in total. The number of amides is 2. The van der Waals surface area contributed by atoms with E-state index in [1.54, 1.807) is 6.07 Å². The lowest BCUT2D eigenvalue weighted by molar-refractivity contribution is -0.384. The Kier molecular flexibility index (Phi) is 3.50. The number of carbonyl (C=O) groups is 2. The first-order valence-electron chi connectivity index (χ1n) is 10.6. The van der Waals surface area contributed by atoms with Crippen LogP contribution in [0.1, 0.15) is 36.1 Å². The Morgan fingerprint density at radius 3 is 1.59 bits per heavy atom. The summed E-state index contributed by atoms with van der Waals surface area (Å²) in [6.45, 7) is 4.12. The standard InChI is InChI=1S/C26H20N2O4/c1-25-17-10-3-5-12-19(17)26(2,20-13-6-4-11-18(20)25)22-21(25)23(29)27(24(22)30)15-8-7-9-16(14-15)28(31)32/h3-14,21-22H,1-2H3/t21-,22+,25?,26?. The van der Waals surface area contributed by atoms with Crippen molar-refractivity contribution in [2.75, 3.05) is 4.90 Å². The molecule has 0 aromatic heterocycles. The van der Waals surface area contributed by atoms with E-state index in [2.05, 4.69) is 38.1 Å². The molecule has 1 heterocycles. The molecule has 1 aliphatic heterocycles. The van der Waals surface area contributed by atoms with Gasteiger partial charge in [0.15, 0.2) is 0 Å². The summed E-state index contributed by atoms with van der Waals surface area (Å²) >= 11 is 0. The quantitative estimate of drug-likeness (QED) is 0.348. The molecule has 6 heteroatoms. The lowest BCUT2D eigenvalue weighted by Crippen LogP contribution is -2.59. The van der Waals surface area contributed by atoms with Gasteiger partial charge < -0.3 is 0 Å². The fraction of sp³-hybridized carbons (Fsp3) is 0.231. The van der Waals surface area contributed by atoms with Crippen LogP contribution in [0.3, 0.4) is 0 Å². The summed E-state index contributed by atoms with van der Waals surface area (Å²) < 4.78 is 0. The maximum absolute atomic E-state index is 13.9. The van der Waals surface area contributed by atoms with Gasteiger partial charge in [0.25, 0.3) is 5.69 Å². The van der Waals surface area contributed by atoms with Crippen molar-refractivity contribution < 1.29 is 14.5 Å². The van der Waals surface area contributed by atoms with Crippen LogP contribution < -0.4 is 4.90 Å². The average Bonchev–Trinajstić information content (AvgIpc) is 3.08. The monoisotopic (exact) mass is 424 g/mol. The van der Waals surface area contributed by atoms with E-state index in [0.717, 1.165) is 22.3 Å². The van der Waals surface area contributed by atoms with Crippen molar-refractivity contribution >= 4 is 23.2 Å². The molecule has 0 spiro atoms. The topological polar surface area (TPSA) is 80.5 Å². The Morgan fingerprint density at radius 1 is 0.750 bits per heavy atom. The van der Waals surface area contributed by atoms with Gasteiger partial charge in [0, 0.05) is 23.0 Å². The molecule has 2 bridgehead atoms. The van der Waals surface area contributed by atoms with Gasteiger partial charge in [-0.25, -0.2) is 4.90 Å². The number of anilines is 1. The minimum absolute atomic E-state index is 0.148. The van der Waals surface area contributed by atoms with Crippen molar-refractivity contribution in [3.8, 4) is 0 Å². The van der Waals surface area contributed by atoms with Gasteiger partial charge in [-0.1, -0.05) is 68.4 Å². The second kappa shape index (κ2) is 5.91. The molecule has 158 valence electrons. The third-order valence-corrected chi connectivity index (χ3v) is 7.94. The van der Waals surface area contributed by atoms with E-state index >= 15 is 0 Å². The predicted molar refractivity (Wildman–Crippen MR) is 118 cm³/mol. The number of imide groups is 1. The number of benzene rings is 3. The van der Waals surface area contributed by atoms with Gasteiger partial charge in [0.1, 0.15) is 0 Å². The molecule has 0 radical (unpaired) electrons. The molecule has 7 rings (SSSR count). The van der Waals surface area contributed by atoms with Crippen molar-refractivity contribution in [3.63, 3.8) is 0 Å². The maximum atomic E-state index is 13.9. The molecule has 0 N–H and O–H groups in total. The fourth-order valence-electron chi connectivity index (χ4n) is 6.57. The van der Waals surface area contributed by atoms with E-state index in [-0.39, 0.29) is 23.2 Å². The zero-order chi connectivity index (χ0) is 22.4. The Labute approximate surface area is 184 Å². The summed E-state index contributed by atoms with van der Waals surface area (Å²) in [4.78, 5) is 39.8. The molecule has 1 saturated heterocycles. The van der Waals surface area contributed by atoms with Gasteiger partial charge >= 0.3 is 0 Å². The fourth-order valence-corrected chi connectivity index (χ4v) is 6.57. The molecule has 3 aliphatic carbocycles. The molecule has 0 saturated carbocycles. The molecule has 4 aliphatic rings. The maximum Gasteiger partial charge on any atom is 0.271 e. The molecular weight excluding hydrogens is 404 g/mol. The van der Waals surface area contributed by atoms with E-state index in [1.807, 2.05) is 24.3 Å². The average molecular weight is 424 g/mol. The summed E-state index contributed by atoms with van der Waals surface area (Å²) in [6, 6.07) is 21.9. The van der Waals surface area contributed by atoms with Gasteiger partial charge in [-0.2, -0.15) is 0 Å². The zero-order valence-corrected chi connectivity index (χ0v) is 17.6. The van der Waals surface area contributed by atoms with Crippen LogP contribution in [-0.2, 0) is 20.4 Å². The van der Waals surface area contributed by atoms with Crippen molar-refractivity contribution in [3.05, 3.63) is 105 Å². The second-order valence-corrected chi connectivity index (χ2v) is 9.24. The largest absolute Gasteiger partial charge is 0.274 e. The summed E-state index contributed by atoms with van der Waals surface area (Å²) in [5, 5.41) is 11.3. The van der Waals surface area contributed by atoms with Gasteiger partial charge in [-0.15, -0.1) is 0 Å². The SMILES string of the molecule is CC12c3ccccc3C(C)(c3ccccc31)[C@H]1C(=O)N(c3cccc([N+](=O)[O-])c3)C(=O)[C@H]12. The molecule has 3 aromatic carbocycles. The van der Waals surface area contributed by atoms with E-state index in [1.165, 1.54) is 23.1 Å². The van der Waals surface area contributed by atoms with Crippen LogP contribution >= 0.6 is 0 Å². The molecule has 2 atom stereocenters. The second-order valence-electron chi connectivity index (χ2n) is 9.24. The Bertz CT molecular complexity index is 1240. The van der Waals surface area contributed by atoms with E-state index in [4.69, 9.17) is 0 Å². The number of nitrogens with zero attached hydrogens (tertiary/aromatic N) is 2. The van der Waals surface area contributed by atoms with Crippen molar-refractivity contribution in [2.45, 2.75) is 24.7 Å². The van der Waals surface area contributed by atoms with Crippen LogP contribution in [0.15, 0.2) is 72.8 Å². The van der Waals surface area contributed by atoms with Crippen molar-refractivity contribution in [2.24, 2.45) is 11.8 Å². The highest BCUT2D eigenvalue weighted by atomic mass is 16.6. The number of hydrogen-bond acceptors (Lipinski definition) is 4. The van der Waals surface area contributed by atoms with E-state index < -0.39 is 27.6 Å². The van der Waals surface area contributed by atoms with Gasteiger partial charge in [0.2, 0.25) is 11.8 Å². The molecule has 3 aromatic rings. The van der Waals surface area contributed by atoms with Gasteiger partial charge in [0.05, 0.1) is 22.4 Å². The van der Waals surface area contributed by atoms with Crippen molar-refractivity contribution in [1.29, 1.82) is 0 Å². The number of hydrogen-bond donors (Lipinski definition) is 0. The van der Waals surface area contributed by atoms with Crippen LogP contribution in [-0.4, -0.2) is 16.7 Å². The number of nitro benzene ring substituents is 1. The highest BCUT2D eigenvalue weighted by molar-refractivity contribution is 6.24. The third kappa shape index (κ3) is 1.96. The van der Waals surface area contributed by atoms with Gasteiger partial charge in [-0.05, 0) is 28.3 Å². The molecule has 1 fully saturated rings. The lowest BCUT2D eigenvalue weighted by Gasteiger charge is -2.57. The van der Waals surface area contributed by atoms with E-state index in [0.29, 0.717) is 0 Å². The minimum atomic E-state index is -0.669. The number of rotatable bonds is 2. The van der Waals surface area contributed by atoms with E-state index in [9.17, 15) is 19.7 Å². The highest BCUT2D eigenvalue weighted by Gasteiger charge is 2.70. The highest BCUT2D eigenvalue weighted by Crippen LogP contribution is 2.66. The molecular formula is C26H20N2O4. The number of nitro groups is 1. The third-order valence-electron chi connectivity index (χ3n) is 7.94. The summed E-state index contributed by atoms with van der Waals surface area (Å²) in [5.41, 5.74) is 3.06. The normalized spacial score (nSPS) is 29.5. The predicted octanol–water partition coefficient (Wildman–Crippen LogP) is 4.34. The molecule has 2 amide bonds. The number of non-ortho nitro benzene ring substituents is 1. The molecule has 32 heavy (non-hydrogen) atoms. The van der Waals surface area contributed by atoms with Crippen LogP contribution in [0.25, 0.3) is 0 Å². The smallest absolute Gasteiger partial charge is 0.271 e. The van der Waals surface area contributed by atoms with Gasteiger partial charge in [-0.3, -0.25) is 19.7 Å². The summed E-state index contributed by atoms with van der Waals surface area (Å²) in [7, 11) is 0. The van der Waals surface area contributed by atoms with Crippen molar-refractivity contribution in [1.82, 2.24) is 0 Å². The Hall–Kier alpha value is -3.80. The first-order chi connectivity index (χ1) is 15.3. The lowest BCUT2D eigenvalue weighted by atomic mass is 9.42. The molecule has 0 unspecified atom stereocenters. The number of carbonyl (C=O) groups excluding carboxylic acids is 2. The Morgan fingerprint density at radius 2 is 1.19 bits per heavy atom. The van der Waals surface area contributed by atoms with Crippen LogP contribution in [0.4, 0.5) is 11.4 Å². The van der Waals surface area contributed by atoms with Crippen LogP contribution in [0.2, 0.25) is 0 Å². The zero-order valence-electron chi connectivity index (χ0n) is 17.6. The summed E-state index contributed by atoms with van der Waals surface area (Å²) in [6.07, 6.45) is 0. The first kappa shape index (κ1) is 18.9. The summed E-state index contributed by atoms with van der Waals surface area (Å²) in [5.74, 6) is -1.75. The Balaban J connectivity index is 1.63. The first-order valence-corrected chi connectivity index (χ1v) is 10.6. The van der Waals surface area contributed by atoms with Crippen LogP contribution in [0, 0.1) is 22.0 Å². The van der Waals surface area contributed by atoms with Crippen LogP contribution in [0.5, 0.6) is 0 Å². The minimum Gasteiger partial charge on any atom is -0.274 e.